The number of aromatic nitrogens is 7. The summed E-state index contributed by atoms with van der Waals surface area (Å²) < 4.78 is 15.2. The van der Waals surface area contributed by atoms with Gasteiger partial charge in [-0.3, -0.25) is 15.1 Å². The highest BCUT2D eigenvalue weighted by Gasteiger charge is 2.18. The molecule has 0 spiro atoms. The van der Waals surface area contributed by atoms with E-state index in [0.717, 1.165) is 16.6 Å². The molecule has 0 saturated heterocycles. The highest BCUT2D eigenvalue weighted by Crippen LogP contribution is 2.34. The van der Waals surface area contributed by atoms with Gasteiger partial charge in [0.25, 0.3) is 0 Å². The highest BCUT2D eigenvalue weighted by atomic mass is 19.1. The molecular formula is C27H23FN8O. The summed E-state index contributed by atoms with van der Waals surface area (Å²) in [6.45, 7) is 3.82. The molecule has 6 rings (SSSR count). The van der Waals surface area contributed by atoms with Crippen LogP contribution in [0.3, 0.4) is 0 Å². The number of nitrogens with zero attached hydrogens (tertiary/aromatic N) is 5. The van der Waals surface area contributed by atoms with E-state index in [1.165, 1.54) is 6.07 Å². The van der Waals surface area contributed by atoms with Gasteiger partial charge in [-0.1, -0.05) is 13.8 Å². The van der Waals surface area contributed by atoms with Gasteiger partial charge in [0.2, 0.25) is 0 Å². The van der Waals surface area contributed by atoms with Crippen LogP contribution in [-0.4, -0.2) is 46.5 Å². The van der Waals surface area contributed by atoms with Crippen LogP contribution in [0.25, 0.3) is 55.8 Å². The smallest absolute Gasteiger partial charge is 0.178 e. The van der Waals surface area contributed by atoms with Crippen molar-refractivity contribution in [3.63, 3.8) is 0 Å². The standard InChI is InChI=1S/C27H23FN8O/c1-14(2)27(37)32-18-9-17(12-30-13-18)16-10-20-22(21(28)11-16)35-36-24(20)26-33-23-19(5-8-31-25(23)34-26)15-3-6-29-7-4-15/h3-14,27,32,37H,1-2H3,(H,35,36)(H,31,33,34). The first kappa shape index (κ1) is 22.7. The molecule has 37 heavy (non-hydrogen) atoms. The van der Waals surface area contributed by atoms with E-state index >= 15 is 4.39 Å². The van der Waals surface area contributed by atoms with E-state index in [1.807, 2.05) is 44.2 Å². The van der Waals surface area contributed by atoms with Crippen molar-refractivity contribution >= 4 is 27.8 Å². The summed E-state index contributed by atoms with van der Waals surface area (Å²) in [5.41, 5.74) is 5.91. The summed E-state index contributed by atoms with van der Waals surface area (Å²) in [5.74, 6) is 0.0438. The van der Waals surface area contributed by atoms with Gasteiger partial charge in [0, 0.05) is 41.3 Å². The van der Waals surface area contributed by atoms with E-state index in [9.17, 15) is 5.11 Å². The Kier molecular flexibility index (Phi) is 5.57. The number of hydrogen-bond acceptors (Lipinski definition) is 7. The minimum atomic E-state index is -0.726. The lowest BCUT2D eigenvalue weighted by molar-refractivity contribution is 0.153. The third kappa shape index (κ3) is 4.17. The zero-order valence-electron chi connectivity index (χ0n) is 20.1. The number of aromatic amines is 2. The van der Waals surface area contributed by atoms with Crippen LogP contribution in [0.5, 0.6) is 0 Å². The molecule has 1 aromatic carbocycles. The molecule has 0 bridgehead atoms. The minimum absolute atomic E-state index is 0.0170. The second-order valence-electron chi connectivity index (χ2n) is 9.13. The average Bonchev–Trinajstić information content (AvgIpc) is 3.53. The van der Waals surface area contributed by atoms with Gasteiger partial charge in [-0.15, -0.1) is 0 Å². The van der Waals surface area contributed by atoms with Gasteiger partial charge in [0.1, 0.15) is 17.4 Å². The fourth-order valence-electron chi connectivity index (χ4n) is 4.24. The van der Waals surface area contributed by atoms with Gasteiger partial charge >= 0.3 is 0 Å². The van der Waals surface area contributed by atoms with E-state index in [1.54, 1.807) is 31.0 Å². The second-order valence-corrected chi connectivity index (χ2v) is 9.13. The van der Waals surface area contributed by atoms with Crippen molar-refractivity contribution < 1.29 is 9.50 Å². The minimum Gasteiger partial charge on any atom is -0.374 e. The number of pyridine rings is 3. The first-order valence-electron chi connectivity index (χ1n) is 11.8. The van der Waals surface area contributed by atoms with E-state index in [0.29, 0.717) is 39.4 Å². The topological polar surface area (TPSA) is 128 Å². The van der Waals surface area contributed by atoms with E-state index < -0.39 is 12.0 Å². The second kappa shape index (κ2) is 9.07. The molecule has 10 heteroatoms. The Morgan fingerprint density at radius 1 is 0.946 bits per heavy atom. The molecule has 0 aliphatic rings. The summed E-state index contributed by atoms with van der Waals surface area (Å²) in [7, 11) is 0. The molecule has 184 valence electrons. The molecule has 0 fully saturated rings. The van der Waals surface area contributed by atoms with Crippen molar-refractivity contribution in [1.29, 1.82) is 0 Å². The monoisotopic (exact) mass is 494 g/mol. The van der Waals surface area contributed by atoms with Crippen molar-refractivity contribution in [2.75, 3.05) is 5.32 Å². The zero-order valence-corrected chi connectivity index (χ0v) is 20.1. The molecule has 6 aromatic rings. The number of imidazole rings is 1. The largest absolute Gasteiger partial charge is 0.374 e. The highest BCUT2D eigenvalue weighted by molar-refractivity contribution is 5.97. The first-order chi connectivity index (χ1) is 18.0. The van der Waals surface area contributed by atoms with Gasteiger partial charge < -0.3 is 15.4 Å². The lowest BCUT2D eigenvalue weighted by Gasteiger charge is -2.17. The average molecular weight is 495 g/mol. The van der Waals surface area contributed by atoms with Crippen LogP contribution in [0.1, 0.15) is 13.8 Å². The van der Waals surface area contributed by atoms with Crippen molar-refractivity contribution in [3.8, 4) is 33.8 Å². The Morgan fingerprint density at radius 3 is 2.59 bits per heavy atom. The maximum absolute atomic E-state index is 15.2. The number of rotatable bonds is 6. The molecule has 9 nitrogen and oxygen atoms in total. The number of H-pyrrole nitrogens is 2. The quantitative estimate of drug-likeness (QED) is 0.236. The number of fused-ring (bicyclic) bond motifs is 2. The molecular weight excluding hydrogens is 471 g/mol. The van der Waals surface area contributed by atoms with Crippen LogP contribution in [0, 0.1) is 11.7 Å². The van der Waals surface area contributed by atoms with Gasteiger partial charge in [-0.25, -0.2) is 14.4 Å². The summed E-state index contributed by atoms with van der Waals surface area (Å²) >= 11 is 0. The Morgan fingerprint density at radius 2 is 1.78 bits per heavy atom. The van der Waals surface area contributed by atoms with Crippen LogP contribution in [0.15, 0.2) is 67.4 Å². The van der Waals surface area contributed by atoms with Crippen LogP contribution in [0.4, 0.5) is 10.1 Å². The number of benzene rings is 1. The normalized spacial score (nSPS) is 12.5. The zero-order chi connectivity index (χ0) is 25.5. The lowest BCUT2D eigenvalue weighted by atomic mass is 10.0. The Balaban J connectivity index is 1.44. The van der Waals surface area contributed by atoms with Gasteiger partial charge in [-0.05, 0) is 53.4 Å². The van der Waals surface area contributed by atoms with E-state index in [4.69, 9.17) is 0 Å². The molecule has 1 atom stereocenters. The van der Waals surface area contributed by atoms with E-state index in [2.05, 4.69) is 40.4 Å². The molecule has 0 saturated carbocycles. The predicted molar refractivity (Wildman–Crippen MR) is 140 cm³/mol. The van der Waals surface area contributed by atoms with Gasteiger partial charge in [-0.2, -0.15) is 5.10 Å². The van der Waals surface area contributed by atoms with Crippen molar-refractivity contribution in [2.24, 2.45) is 5.92 Å². The number of anilines is 1. The maximum Gasteiger partial charge on any atom is 0.178 e. The summed E-state index contributed by atoms with van der Waals surface area (Å²) in [5, 5.41) is 20.9. The molecule has 0 aliphatic heterocycles. The van der Waals surface area contributed by atoms with Crippen LogP contribution in [0.2, 0.25) is 0 Å². The number of nitrogens with one attached hydrogen (secondary N) is 3. The van der Waals surface area contributed by atoms with E-state index in [-0.39, 0.29) is 11.4 Å². The van der Waals surface area contributed by atoms with Crippen LogP contribution < -0.4 is 5.32 Å². The fourth-order valence-corrected chi connectivity index (χ4v) is 4.24. The molecule has 0 aliphatic carbocycles. The SMILES string of the molecule is CC(C)C(O)Nc1cncc(-c2cc(F)c3n[nH]c(-c4nc5nccc(-c6ccncc6)c5[nH]4)c3c2)c1. The Labute approximate surface area is 210 Å². The van der Waals surface area contributed by atoms with Crippen LogP contribution >= 0.6 is 0 Å². The van der Waals surface area contributed by atoms with Crippen LogP contribution in [-0.2, 0) is 0 Å². The first-order valence-corrected chi connectivity index (χ1v) is 11.8. The molecule has 4 N–H and O–H groups in total. The fraction of sp³-hybridized carbons (Fsp3) is 0.148. The number of aliphatic hydroxyl groups excluding tert-OH is 1. The van der Waals surface area contributed by atoms with Crippen molar-refractivity contribution in [2.45, 2.75) is 20.1 Å². The molecule has 0 radical (unpaired) electrons. The number of halogens is 1. The lowest BCUT2D eigenvalue weighted by Crippen LogP contribution is -2.24. The third-order valence-corrected chi connectivity index (χ3v) is 6.25. The summed E-state index contributed by atoms with van der Waals surface area (Å²) in [4.78, 5) is 20.8. The Bertz CT molecular complexity index is 1730. The number of aliphatic hydroxyl groups is 1. The molecule has 0 amide bonds. The third-order valence-electron chi connectivity index (χ3n) is 6.25. The molecule has 5 aromatic heterocycles. The predicted octanol–water partition coefficient (Wildman–Crippen LogP) is 5.15. The summed E-state index contributed by atoms with van der Waals surface area (Å²) in [6, 6.07) is 10.8. The van der Waals surface area contributed by atoms with Gasteiger partial charge in [0.05, 0.1) is 17.4 Å². The molecule has 5 heterocycles. The molecule has 1 unspecified atom stereocenters. The van der Waals surface area contributed by atoms with Gasteiger partial charge in [0.15, 0.2) is 17.3 Å². The number of hydrogen-bond donors (Lipinski definition) is 4. The summed E-state index contributed by atoms with van der Waals surface area (Å²) in [6.07, 6.45) is 7.71. The van der Waals surface area contributed by atoms with Crippen molar-refractivity contribution in [1.82, 2.24) is 35.1 Å². The van der Waals surface area contributed by atoms with Crippen molar-refractivity contribution in [3.05, 3.63) is 73.2 Å². The Hall–Kier alpha value is -4.70. The maximum atomic E-state index is 15.2.